The van der Waals surface area contributed by atoms with Gasteiger partial charge < -0.3 is 20.4 Å². The summed E-state index contributed by atoms with van der Waals surface area (Å²) in [4.78, 5) is 0. The number of aliphatic hydroxyl groups is 4. The lowest BCUT2D eigenvalue weighted by atomic mass is 9.87. The molecule has 0 rings (SSSR count). The van der Waals surface area contributed by atoms with Gasteiger partial charge in [-0.25, -0.2) is 0 Å². The molecule has 4 N–H and O–H groups in total. The van der Waals surface area contributed by atoms with Crippen molar-refractivity contribution in [1.29, 1.82) is 0 Å². The summed E-state index contributed by atoms with van der Waals surface area (Å²) in [5.74, 6) is 0.0254. The highest BCUT2D eigenvalue weighted by atomic mass is 16.3. The van der Waals surface area contributed by atoms with Gasteiger partial charge in [-0.3, -0.25) is 0 Å². The van der Waals surface area contributed by atoms with Crippen LogP contribution in [-0.2, 0) is 0 Å². The first-order valence-electron chi connectivity index (χ1n) is 7.84. The van der Waals surface area contributed by atoms with E-state index in [9.17, 15) is 15.3 Å². The van der Waals surface area contributed by atoms with Gasteiger partial charge in [0.25, 0.3) is 0 Å². The highest BCUT2D eigenvalue weighted by Crippen LogP contribution is 2.20. The third-order valence-electron chi connectivity index (χ3n) is 4.00. The van der Waals surface area contributed by atoms with Crippen molar-refractivity contribution in [3.63, 3.8) is 0 Å². The van der Waals surface area contributed by atoms with E-state index in [1.165, 1.54) is 0 Å². The van der Waals surface area contributed by atoms with Crippen LogP contribution in [0.15, 0.2) is 0 Å². The van der Waals surface area contributed by atoms with Gasteiger partial charge in [-0.15, -0.1) is 0 Å². The number of aliphatic hydroxyl groups excluding tert-OH is 3. The molecule has 4 unspecified atom stereocenters. The normalized spacial score (nSPS) is 17.7. The van der Waals surface area contributed by atoms with Gasteiger partial charge in [0.2, 0.25) is 0 Å². The smallest absolute Gasteiger partial charge is 0.0641 e. The maximum atomic E-state index is 9.43. The van der Waals surface area contributed by atoms with Gasteiger partial charge in [0, 0.05) is 18.4 Å². The van der Waals surface area contributed by atoms with Crippen molar-refractivity contribution in [2.45, 2.75) is 85.0 Å². The molecule has 0 spiro atoms. The topological polar surface area (TPSA) is 80.9 Å². The fourth-order valence-corrected chi connectivity index (χ4v) is 1.88. The minimum absolute atomic E-state index is 0.0579. The zero-order valence-corrected chi connectivity index (χ0v) is 14.1. The number of hydrogen-bond acceptors (Lipinski definition) is 4. The maximum absolute atomic E-state index is 9.43. The van der Waals surface area contributed by atoms with Crippen LogP contribution in [0.3, 0.4) is 0 Å². The highest BCUT2D eigenvalue weighted by Gasteiger charge is 2.27. The summed E-state index contributed by atoms with van der Waals surface area (Å²) in [5, 5.41) is 36.8. The largest absolute Gasteiger partial charge is 0.396 e. The first-order valence-corrected chi connectivity index (χ1v) is 7.84. The van der Waals surface area contributed by atoms with Crippen molar-refractivity contribution in [3.8, 4) is 0 Å². The van der Waals surface area contributed by atoms with Crippen molar-refractivity contribution < 1.29 is 20.4 Å². The van der Waals surface area contributed by atoms with E-state index in [-0.39, 0.29) is 30.7 Å². The molecule has 20 heavy (non-hydrogen) atoms. The van der Waals surface area contributed by atoms with E-state index < -0.39 is 5.60 Å². The molecule has 0 heterocycles. The Morgan fingerprint density at radius 2 is 1.45 bits per heavy atom. The Morgan fingerprint density at radius 3 is 1.65 bits per heavy atom. The summed E-state index contributed by atoms with van der Waals surface area (Å²) in [7, 11) is 0. The van der Waals surface area contributed by atoms with Crippen molar-refractivity contribution in [2.24, 2.45) is 11.8 Å². The van der Waals surface area contributed by atoms with Gasteiger partial charge in [-0.05, 0) is 33.1 Å². The summed E-state index contributed by atoms with van der Waals surface area (Å²) < 4.78 is 0. The highest BCUT2D eigenvalue weighted by molar-refractivity contribution is 4.78. The third-order valence-corrected chi connectivity index (χ3v) is 4.00. The first kappa shape index (κ1) is 22.1. The van der Waals surface area contributed by atoms with Gasteiger partial charge in [0.15, 0.2) is 0 Å². The van der Waals surface area contributed by atoms with E-state index in [0.29, 0.717) is 6.42 Å². The molecule has 4 atom stereocenters. The molecule has 4 heteroatoms. The van der Waals surface area contributed by atoms with E-state index in [1.54, 1.807) is 13.8 Å². The molecule has 0 aliphatic rings. The van der Waals surface area contributed by atoms with E-state index in [2.05, 4.69) is 0 Å². The van der Waals surface area contributed by atoms with Crippen LogP contribution in [0, 0.1) is 11.8 Å². The Hall–Kier alpha value is -0.160. The van der Waals surface area contributed by atoms with Gasteiger partial charge in [0.1, 0.15) is 0 Å². The van der Waals surface area contributed by atoms with Crippen LogP contribution in [0.25, 0.3) is 0 Å². The lowest BCUT2D eigenvalue weighted by Crippen LogP contribution is -2.36. The molecular formula is C16H36O4. The Kier molecular flexibility index (Phi) is 12.7. The molecule has 0 aliphatic heterocycles. The lowest BCUT2D eigenvalue weighted by Gasteiger charge is -2.29. The van der Waals surface area contributed by atoms with Crippen LogP contribution in [0.5, 0.6) is 0 Å². The third kappa shape index (κ3) is 9.70. The SMILES string of the molecule is CCC(O)C(C)C(C)(C)O.CCCC(O)C(CC)CO. The van der Waals surface area contributed by atoms with Crippen molar-refractivity contribution in [1.82, 2.24) is 0 Å². The van der Waals surface area contributed by atoms with Crippen LogP contribution in [0.1, 0.15) is 67.2 Å². The minimum atomic E-state index is -0.768. The Labute approximate surface area is 124 Å². The predicted molar refractivity (Wildman–Crippen MR) is 83.5 cm³/mol. The van der Waals surface area contributed by atoms with Crippen LogP contribution in [-0.4, -0.2) is 44.8 Å². The molecule has 0 bridgehead atoms. The quantitative estimate of drug-likeness (QED) is 0.553. The fourth-order valence-electron chi connectivity index (χ4n) is 1.88. The summed E-state index contributed by atoms with van der Waals surface area (Å²) in [6.07, 6.45) is 2.65. The number of rotatable bonds is 8. The second-order valence-corrected chi connectivity index (χ2v) is 6.12. The van der Waals surface area contributed by atoms with E-state index in [1.807, 2.05) is 27.7 Å². The van der Waals surface area contributed by atoms with Crippen LogP contribution in [0.4, 0.5) is 0 Å². The first-order chi connectivity index (χ1) is 9.15. The summed E-state index contributed by atoms with van der Waals surface area (Å²) in [6.45, 7) is 11.3. The summed E-state index contributed by atoms with van der Waals surface area (Å²) >= 11 is 0. The molecule has 0 radical (unpaired) electrons. The summed E-state index contributed by atoms with van der Waals surface area (Å²) in [6, 6.07) is 0. The van der Waals surface area contributed by atoms with Crippen LogP contribution >= 0.6 is 0 Å². The standard InChI is InChI=1S/2C8H18O2/c1-5-7(9)6(2)8(3,4)10;1-3-5-8(10)7(4-2)6-9/h6-7,9-10H,5H2,1-4H3;7-10H,3-6H2,1-2H3. The van der Waals surface area contributed by atoms with Crippen LogP contribution < -0.4 is 0 Å². The maximum Gasteiger partial charge on any atom is 0.0641 e. The predicted octanol–water partition coefficient (Wildman–Crippen LogP) is 2.33. The molecule has 124 valence electrons. The minimum Gasteiger partial charge on any atom is -0.396 e. The van der Waals surface area contributed by atoms with Crippen molar-refractivity contribution in [2.75, 3.05) is 6.61 Å². The van der Waals surface area contributed by atoms with E-state index in [0.717, 1.165) is 19.3 Å². The van der Waals surface area contributed by atoms with E-state index >= 15 is 0 Å². The Morgan fingerprint density at radius 1 is 0.950 bits per heavy atom. The summed E-state index contributed by atoms with van der Waals surface area (Å²) in [5.41, 5.74) is -0.768. The van der Waals surface area contributed by atoms with Crippen molar-refractivity contribution >= 4 is 0 Å². The fraction of sp³-hybridized carbons (Fsp3) is 1.00. The molecule has 4 nitrogen and oxygen atoms in total. The average Bonchev–Trinajstić information content (AvgIpc) is 2.38. The molecular weight excluding hydrogens is 256 g/mol. The molecule has 0 saturated heterocycles. The van der Waals surface area contributed by atoms with Gasteiger partial charge in [-0.2, -0.15) is 0 Å². The van der Waals surface area contributed by atoms with Gasteiger partial charge in [-0.1, -0.05) is 34.1 Å². The molecule has 0 aliphatic carbocycles. The molecule has 0 fully saturated rings. The molecule has 0 aromatic carbocycles. The zero-order valence-electron chi connectivity index (χ0n) is 14.1. The molecule has 0 aromatic rings. The lowest BCUT2D eigenvalue weighted by molar-refractivity contribution is -0.0386. The van der Waals surface area contributed by atoms with Gasteiger partial charge >= 0.3 is 0 Å². The van der Waals surface area contributed by atoms with E-state index in [4.69, 9.17) is 5.11 Å². The molecule has 0 aromatic heterocycles. The van der Waals surface area contributed by atoms with Gasteiger partial charge in [0.05, 0.1) is 17.8 Å². The zero-order chi connectivity index (χ0) is 16.3. The van der Waals surface area contributed by atoms with Crippen molar-refractivity contribution in [3.05, 3.63) is 0 Å². The van der Waals surface area contributed by atoms with Crippen LogP contribution in [0.2, 0.25) is 0 Å². The Bertz CT molecular complexity index is 209. The monoisotopic (exact) mass is 292 g/mol. The molecule has 0 amide bonds. The average molecular weight is 292 g/mol. The molecule has 0 saturated carbocycles. The second-order valence-electron chi connectivity index (χ2n) is 6.12. The Balaban J connectivity index is 0. The second kappa shape index (κ2) is 11.5. The number of hydrogen-bond donors (Lipinski definition) is 4.